The smallest absolute Gasteiger partial charge is 0.146 e. The fourth-order valence-electron chi connectivity index (χ4n) is 2.70. The molecule has 0 spiro atoms. The lowest BCUT2D eigenvalue weighted by molar-refractivity contribution is 0.544. The summed E-state index contributed by atoms with van der Waals surface area (Å²) >= 11 is 0. The summed E-state index contributed by atoms with van der Waals surface area (Å²) in [5, 5.41) is 3.34. The van der Waals surface area contributed by atoms with Gasteiger partial charge in [-0.2, -0.15) is 0 Å². The summed E-state index contributed by atoms with van der Waals surface area (Å²) in [5.41, 5.74) is 1.02. The van der Waals surface area contributed by atoms with Crippen LogP contribution in [0.5, 0.6) is 0 Å². The van der Waals surface area contributed by atoms with Crippen molar-refractivity contribution in [1.82, 2.24) is 15.3 Å². The van der Waals surface area contributed by atoms with Gasteiger partial charge in [0, 0.05) is 20.1 Å². The van der Waals surface area contributed by atoms with Crippen LogP contribution in [0.25, 0.3) is 0 Å². The molecule has 4 heteroatoms. The fraction of sp³-hybridized carbons (Fsp3) is 0.733. The molecule has 1 aromatic heterocycles. The summed E-state index contributed by atoms with van der Waals surface area (Å²) in [7, 11) is 2.12. The van der Waals surface area contributed by atoms with Crippen LogP contribution in [0, 0.1) is 5.92 Å². The first-order chi connectivity index (χ1) is 9.29. The molecule has 1 N–H and O–H groups in total. The lowest BCUT2D eigenvalue weighted by atomic mass is 10.1. The minimum atomic E-state index is 0.813. The number of anilines is 1. The molecule has 1 fully saturated rings. The van der Waals surface area contributed by atoms with Gasteiger partial charge in [0.05, 0.1) is 18.1 Å². The maximum absolute atomic E-state index is 4.52. The van der Waals surface area contributed by atoms with Crippen LogP contribution in [0.4, 0.5) is 5.82 Å². The first-order valence-corrected chi connectivity index (χ1v) is 7.52. The van der Waals surface area contributed by atoms with Crippen LogP contribution in [0.15, 0.2) is 12.4 Å². The predicted molar refractivity (Wildman–Crippen MR) is 79.3 cm³/mol. The van der Waals surface area contributed by atoms with Crippen molar-refractivity contribution in [3.63, 3.8) is 0 Å². The van der Waals surface area contributed by atoms with Crippen molar-refractivity contribution in [3.05, 3.63) is 18.1 Å². The summed E-state index contributed by atoms with van der Waals surface area (Å²) in [6.07, 6.45) is 10.5. The highest BCUT2D eigenvalue weighted by Crippen LogP contribution is 2.26. The van der Waals surface area contributed by atoms with E-state index in [0.717, 1.165) is 43.5 Å². The third-order valence-electron chi connectivity index (χ3n) is 3.82. The number of hydrogen-bond donors (Lipinski definition) is 1. The van der Waals surface area contributed by atoms with E-state index < -0.39 is 0 Å². The molecule has 4 nitrogen and oxygen atoms in total. The van der Waals surface area contributed by atoms with Crippen molar-refractivity contribution >= 4 is 5.82 Å². The van der Waals surface area contributed by atoms with Crippen LogP contribution >= 0.6 is 0 Å². The second kappa shape index (κ2) is 7.43. The summed E-state index contributed by atoms with van der Waals surface area (Å²) in [6, 6.07) is 0. The van der Waals surface area contributed by atoms with Gasteiger partial charge in [0.15, 0.2) is 0 Å². The van der Waals surface area contributed by atoms with Gasteiger partial charge in [-0.25, -0.2) is 4.98 Å². The molecule has 0 aliphatic heterocycles. The van der Waals surface area contributed by atoms with Crippen LogP contribution in [0.1, 0.15) is 44.7 Å². The molecule has 0 bridgehead atoms. The van der Waals surface area contributed by atoms with E-state index in [1.165, 1.54) is 25.7 Å². The number of nitrogens with one attached hydrogen (secondary N) is 1. The number of hydrogen-bond acceptors (Lipinski definition) is 4. The van der Waals surface area contributed by atoms with Gasteiger partial charge < -0.3 is 10.2 Å². The minimum Gasteiger partial charge on any atom is -0.358 e. The first-order valence-electron chi connectivity index (χ1n) is 7.52. The summed E-state index contributed by atoms with van der Waals surface area (Å²) in [5.74, 6) is 1.84. The molecule has 0 radical (unpaired) electrons. The van der Waals surface area contributed by atoms with Gasteiger partial charge in [0.2, 0.25) is 0 Å². The van der Waals surface area contributed by atoms with Crippen LogP contribution in [-0.4, -0.2) is 30.1 Å². The van der Waals surface area contributed by atoms with E-state index >= 15 is 0 Å². The Morgan fingerprint density at radius 2 is 2.05 bits per heavy atom. The van der Waals surface area contributed by atoms with Crippen LogP contribution in [0.3, 0.4) is 0 Å². The molecule has 1 saturated carbocycles. The largest absolute Gasteiger partial charge is 0.358 e. The van der Waals surface area contributed by atoms with Crippen molar-refractivity contribution in [3.8, 4) is 0 Å². The second-order valence-electron chi connectivity index (χ2n) is 5.57. The minimum absolute atomic E-state index is 0.813. The van der Waals surface area contributed by atoms with Gasteiger partial charge in [0.1, 0.15) is 5.82 Å². The Balaban J connectivity index is 1.82. The Morgan fingerprint density at radius 3 is 2.68 bits per heavy atom. The molecule has 0 aromatic carbocycles. The Hall–Kier alpha value is -1.16. The summed E-state index contributed by atoms with van der Waals surface area (Å²) < 4.78 is 0. The van der Waals surface area contributed by atoms with Crippen molar-refractivity contribution < 1.29 is 0 Å². The molecule has 0 unspecified atom stereocenters. The molecule has 0 saturated heterocycles. The van der Waals surface area contributed by atoms with E-state index in [1.807, 2.05) is 12.4 Å². The standard InChI is InChI=1S/C15H26N4/c1-3-8-16-9-14-10-18-15(11-17-14)19(2)12-13-6-4-5-7-13/h10-11,13,16H,3-9,12H2,1-2H3. The van der Waals surface area contributed by atoms with E-state index in [0.29, 0.717) is 0 Å². The first kappa shape index (κ1) is 14.3. The highest BCUT2D eigenvalue weighted by atomic mass is 15.2. The quantitative estimate of drug-likeness (QED) is 0.767. The third-order valence-corrected chi connectivity index (χ3v) is 3.82. The van der Waals surface area contributed by atoms with Crippen LogP contribution in [0.2, 0.25) is 0 Å². The molecule has 1 aliphatic rings. The van der Waals surface area contributed by atoms with Crippen molar-refractivity contribution in [2.24, 2.45) is 5.92 Å². The topological polar surface area (TPSA) is 41.1 Å². The molecule has 2 rings (SSSR count). The molecule has 106 valence electrons. The van der Waals surface area contributed by atoms with Gasteiger partial charge >= 0.3 is 0 Å². The van der Waals surface area contributed by atoms with Crippen molar-refractivity contribution in [2.75, 3.05) is 25.0 Å². The van der Waals surface area contributed by atoms with Crippen molar-refractivity contribution in [2.45, 2.75) is 45.6 Å². The molecule has 1 heterocycles. The van der Waals surface area contributed by atoms with Gasteiger partial charge in [-0.05, 0) is 31.7 Å². The number of nitrogens with zero attached hydrogens (tertiary/aromatic N) is 3. The zero-order valence-electron chi connectivity index (χ0n) is 12.2. The van der Waals surface area contributed by atoms with Crippen LogP contribution in [-0.2, 0) is 6.54 Å². The third kappa shape index (κ3) is 4.46. The molecular formula is C15H26N4. The van der Waals surface area contributed by atoms with E-state index in [1.54, 1.807) is 0 Å². The highest BCUT2D eigenvalue weighted by Gasteiger charge is 2.17. The lowest BCUT2D eigenvalue weighted by Crippen LogP contribution is -2.25. The zero-order chi connectivity index (χ0) is 13.5. The molecule has 0 atom stereocenters. The fourth-order valence-corrected chi connectivity index (χ4v) is 2.70. The number of rotatable bonds is 7. The SMILES string of the molecule is CCCNCc1cnc(N(C)CC2CCCC2)cn1. The van der Waals surface area contributed by atoms with Gasteiger partial charge in [0.25, 0.3) is 0 Å². The highest BCUT2D eigenvalue weighted by molar-refractivity contribution is 5.34. The van der Waals surface area contributed by atoms with Gasteiger partial charge in [-0.3, -0.25) is 4.98 Å². The van der Waals surface area contributed by atoms with E-state index in [-0.39, 0.29) is 0 Å². The predicted octanol–water partition coefficient (Wildman–Crippen LogP) is 2.60. The summed E-state index contributed by atoms with van der Waals surface area (Å²) in [6.45, 7) is 5.13. The normalized spacial score (nSPS) is 15.9. The second-order valence-corrected chi connectivity index (χ2v) is 5.57. The Bertz CT molecular complexity index is 357. The van der Waals surface area contributed by atoms with E-state index in [2.05, 4.69) is 34.2 Å². The maximum Gasteiger partial charge on any atom is 0.146 e. The Morgan fingerprint density at radius 1 is 1.26 bits per heavy atom. The molecule has 1 aliphatic carbocycles. The van der Waals surface area contributed by atoms with E-state index in [9.17, 15) is 0 Å². The maximum atomic E-state index is 4.52. The summed E-state index contributed by atoms with van der Waals surface area (Å²) in [4.78, 5) is 11.2. The molecule has 0 amide bonds. The van der Waals surface area contributed by atoms with E-state index in [4.69, 9.17) is 0 Å². The Labute approximate surface area is 116 Å². The molecule has 19 heavy (non-hydrogen) atoms. The average Bonchev–Trinajstić information content (AvgIpc) is 2.93. The molecule has 1 aromatic rings. The average molecular weight is 262 g/mol. The van der Waals surface area contributed by atoms with Crippen molar-refractivity contribution in [1.29, 1.82) is 0 Å². The van der Waals surface area contributed by atoms with Gasteiger partial charge in [-0.15, -0.1) is 0 Å². The monoisotopic (exact) mass is 262 g/mol. The lowest BCUT2D eigenvalue weighted by Gasteiger charge is -2.21. The molecular weight excluding hydrogens is 236 g/mol. The zero-order valence-corrected chi connectivity index (χ0v) is 12.2. The number of aromatic nitrogens is 2. The van der Waals surface area contributed by atoms with Gasteiger partial charge in [-0.1, -0.05) is 19.8 Å². The van der Waals surface area contributed by atoms with Crippen LogP contribution < -0.4 is 10.2 Å². The Kier molecular flexibility index (Phi) is 5.58.